The van der Waals surface area contributed by atoms with E-state index in [1.54, 1.807) is 0 Å². The molecule has 0 unspecified atom stereocenters. The summed E-state index contributed by atoms with van der Waals surface area (Å²) in [6.07, 6.45) is 3.66. The number of ketones is 1. The Kier molecular flexibility index (Phi) is 8.92. The van der Waals surface area contributed by atoms with E-state index in [1.165, 1.54) is 6.92 Å². The van der Waals surface area contributed by atoms with E-state index in [4.69, 9.17) is 4.74 Å². The number of esters is 1. The molecule has 156 valence electrons. The van der Waals surface area contributed by atoms with Crippen molar-refractivity contribution in [3.05, 3.63) is 0 Å². The average molecular weight is 383 g/mol. The molecule has 1 saturated heterocycles. The van der Waals surface area contributed by atoms with Gasteiger partial charge in [-0.15, -0.1) is 0 Å². The molecule has 1 aliphatic rings. The van der Waals surface area contributed by atoms with Crippen LogP contribution in [-0.2, 0) is 19.1 Å². The molecule has 1 fully saturated rings. The fourth-order valence-corrected chi connectivity index (χ4v) is 3.88. The third-order valence-electron chi connectivity index (χ3n) is 5.33. The molecule has 6 heteroatoms. The molecule has 0 spiro atoms. The fraction of sp³-hybridized carbons (Fsp3) is 0.857. The number of Topliss-reactive ketones (excluding diaryl/α,β-unsaturated/α-hetero) is 1. The summed E-state index contributed by atoms with van der Waals surface area (Å²) in [6, 6.07) is -0.951. The number of carbonyl (C=O) groups is 3. The standard InChI is InChI=1S/C21H38N2O4/c1-8-14(9-2)11-16(22-13(4)24)19-15(18(25)10-3)12-17(23-19)20(26)27-21(5,6)7/h14-17,19,23H,8-12H2,1-7H3,(H,22,24)/t15-,16-,17+,19+/m0/s1. The van der Waals surface area contributed by atoms with Crippen LogP contribution in [0.5, 0.6) is 0 Å². The zero-order valence-electron chi connectivity index (χ0n) is 18.1. The Hall–Kier alpha value is -1.43. The Morgan fingerprint density at radius 2 is 1.74 bits per heavy atom. The lowest BCUT2D eigenvalue weighted by atomic mass is 9.83. The van der Waals surface area contributed by atoms with Gasteiger partial charge in [0, 0.05) is 31.3 Å². The number of rotatable bonds is 9. The number of nitrogens with one attached hydrogen (secondary N) is 2. The summed E-state index contributed by atoms with van der Waals surface area (Å²) in [5.74, 6) is -0.155. The highest BCUT2D eigenvalue weighted by Gasteiger charge is 2.45. The molecule has 1 amide bonds. The Labute approximate surface area is 164 Å². The van der Waals surface area contributed by atoms with Crippen molar-refractivity contribution in [1.29, 1.82) is 0 Å². The lowest BCUT2D eigenvalue weighted by Gasteiger charge is -2.31. The Morgan fingerprint density at radius 3 is 2.19 bits per heavy atom. The molecule has 4 atom stereocenters. The summed E-state index contributed by atoms with van der Waals surface area (Å²) in [7, 11) is 0. The number of hydrogen-bond acceptors (Lipinski definition) is 5. The molecule has 0 aromatic rings. The van der Waals surface area contributed by atoms with E-state index in [0.717, 1.165) is 19.3 Å². The first-order valence-electron chi connectivity index (χ1n) is 10.3. The van der Waals surface area contributed by atoms with Crippen molar-refractivity contribution in [2.75, 3.05) is 0 Å². The first-order valence-corrected chi connectivity index (χ1v) is 10.3. The largest absolute Gasteiger partial charge is 0.459 e. The predicted octanol–water partition coefficient (Wildman–Crippen LogP) is 2.98. The molecule has 0 radical (unpaired) electrons. The van der Waals surface area contributed by atoms with Gasteiger partial charge in [0.05, 0.1) is 0 Å². The van der Waals surface area contributed by atoms with Crippen molar-refractivity contribution < 1.29 is 19.1 Å². The maximum absolute atomic E-state index is 12.6. The van der Waals surface area contributed by atoms with E-state index in [1.807, 2.05) is 27.7 Å². The van der Waals surface area contributed by atoms with Gasteiger partial charge in [0.2, 0.25) is 5.91 Å². The lowest BCUT2D eigenvalue weighted by molar-refractivity contribution is -0.157. The normalized spacial score (nSPS) is 23.9. The van der Waals surface area contributed by atoms with Crippen LogP contribution in [0.3, 0.4) is 0 Å². The van der Waals surface area contributed by atoms with Gasteiger partial charge in [-0.1, -0.05) is 33.6 Å². The second-order valence-corrected chi connectivity index (χ2v) is 8.67. The monoisotopic (exact) mass is 382 g/mol. The number of amides is 1. The van der Waals surface area contributed by atoms with Crippen molar-refractivity contribution in [3.63, 3.8) is 0 Å². The minimum atomic E-state index is -0.576. The second-order valence-electron chi connectivity index (χ2n) is 8.67. The third kappa shape index (κ3) is 7.24. The highest BCUT2D eigenvalue weighted by atomic mass is 16.6. The highest BCUT2D eigenvalue weighted by Crippen LogP contribution is 2.30. The smallest absolute Gasteiger partial charge is 0.323 e. The van der Waals surface area contributed by atoms with Crippen LogP contribution in [0, 0.1) is 11.8 Å². The first kappa shape index (κ1) is 23.6. The van der Waals surface area contributed by atoms with Gasteiger partial charge in [-0.05, 0) is 39.5 Å². The van der Waals surface area contributed by atoms with E-state index in [-0.39, 0.29) is 35.7 Å². The van der Waals surface area contributed by atoms with Crippen molar-refractivity contribution in [2.24, 2.45) is 11.8 Å². The topological polar surface area (TPSA) is 84.5 Å². The first-order chi connectivity index (χ1) is 12.5. The molecule has 2 N–H and O–H groups in total. The Balaban J connectivity index is 3.06. The van der Waals surface area contributed by atoms with Crippen LogP contribution in [0.4, 0.5) is 0 Å². The second kappa shape index (κ2) is 10.2. The molecule has 0 aliphatic carbocycles. The summed E-state index contributed by atoms with van der Waals surface area (Å²) in [6.45, 7) is 13.1. The number of hydrogen-bond donors (Lipinski definition) is 2. The van der Waals surface area contributed by atoms with Crippen LogP contribution in [0.15, 0.2) is 0 Å². The van der Waals surface area contributed by atoms with Crippen LogP contribution >= 0.6 is 0 Å². The van der Waals surface area contributed by atoms with Gasteiger partial charge in [0.15, 0.2) is 0 Å². The Morgan fingerprint density at radius 1 is 1.15 bits per heavy atom. The quantitative estimate of drug-likeness (QED) is 0.599. The highest BCUT2D eigenvalue weighted by molar-refractivity contribution is 5.85. The predicted molar refractivity (Wildman–Crippen MR) is 106 cm³/mol. The molecule has 1 aliphatic heterocycles. The van der Waals surface area contributed by atoms with E-state index < -0.39 is 11.6 Å². The Bertz CT molecular complexity index is 523. The molecule has 0 aromatic carbocycles. The molecule has 0 aromatic heterocycles. The van der Waals surface area contributed by atoms with E-state index in [9.17, 15) is 14.4 Å². The zero-order valence-corrected chi connectivity index (χ0v) is 18.1. The number of carbonyl (C=O) groups excluding carboxylic acids is 3. The van der Waals surface area contributed by atoms with E-state index in [2.05, 4.69) is 24.5 Å². The number of ether oxygens (including phenoxy) is 1. The van der Waals surface area contributed by atoms with Gasteiger partial charge in [-0.25, -0.2) is 0 Å². The van der Waals surface area contributed by atoms with Gasteiger partial charge in [-0.2, -0.15) is 0 Å². The van der Waals surface area contributed by atoms with Gasteiger partial charge < -0.3 is 10.1 Å². The molecule has 1 rings (SSSR count). The van der Waals surface area contributed by atoms with E-state index in [0.29, 0.717) is 18.8 Å². The average Bonchev–Trinajstić information content (AvgIpc) is 3.01. The van der Waals surface area contributed by atoms with Crippen LogP contribution in [-0.4, -0.2) is 41.4 Å². The van der Waals surface area contributed by atoms with Crippen molar-refractivity contribution in [1.82, 2.24) is 10.6 Å². The maximum Gasteiger partial charge on any atom is 0.323 e. The van der Waals surface area contributed by atoms with Gasteiger partial charge in [-0.3, -0.25) is 19.7 Å². The van der Waals surface area contributed by atoms with Crippen molar-refractivity contribution >= 4 is 17.7 Å². The molecular weight excluding hydrogens is 344 g/mol. The SMILES string of the molecule is CCC(=O)[C@@H]1C[C@H](C(=O)OC(C)(C)C)N[C@H]1[C@H](CC(CC)CC)NC(C)=O. The third-order valence-corrected chi connectivity index (χ3v) is 5.33. The minimum Gasteiger partial charge on any atom is -0.459 e. The molecule has 0 bridgehead atoms. The summed E-state index contributed by atoms with van der Waals surface area (Å²) in [5, 5.41) is 6.36. The zero-order chi connectivity index (χ0) is 20.8. The van der Waals surface area contributed by atoms with Crippen molar-refractivity contribution in [3.8, 4) is 0 Å². The fourth-order valence-electron chi connectivity index (χ4n) is 3.88. The van der Waals surface area contributed by atoms with Crippen LogP contribution in [0.2, 0.25) is 0 Å². The van der Waals surface area contributed by atoms with Gasteiger partial charge in [0.25, 0.3) is 0 Å². The molecule has 6 nitrogen and oxygen atoms in total. The van der Waals surface area contributed by atoms with E-state index >= 15 is 0 Å². The summed E-state index contributed by atoms with van der Waals surface area (Å²) in [5.41, 5.74) is -0.576. The summed E-state index contributed by atoms with van der Waals surface area (Å²) < 4.78 is 5.52. The molecule has 1 heterocycles. The van der Waals surface area contributed by atoms with Gasteiger partial charge >= 0.3 is 5.97 Å². The van der Waals surface area contributed by atoms with Crippen molar-refractivity contribution in [2.45, 2.75) is 104 Å². The molecule has 0 saturated carbocycles. The van der Waals surface area contributed by atoms with Crippen LogP contribution < -0.4 is 10.6 Å². The minimum absolute atomic E-state index is 0.115. The summed E-state index contributed by atoms with van der Waals surface area (Å²) >= 11 is 0. The molecular formula is C21H38N2O4. The maximum atomic E-state index is 12.6. The van der Waals surface area contributed by atoms with Crippen LogP contribution in [0.25, 0.3) is 0 Å². The lowest BCUT2D eigenvalue weighted by Crippen LogP contribution is -2.53. The van der Waals surface area contributed by atoms with Gasteiger partial charge in [0.1, 0.15) is 17.4 Å². The molecule has 27 heavy (non-hydrogen) atoms. The summed E-state index contributed by atoms with van der Waals surface area (Å²) in [4.78, 5) is 36.9. The van der Waals surface area contributed by atoms with Crippen LogP contribution in [0.1, 0.15) is 80.6 Å².